The van der Waals surface area contributed by atoms with E-state index in [2.05, 4.69) is 11.9 Å². The first kappa shape index (κ1) is 13.1. The standard InChI is InChI=1S/C14H17FIN3/c1-14(5-3-2-4-6-14)19-12-7-9(15)10(16)8-11(12)18-13(19)17/h7-8H,2-6H2,1H3,(H2,17,18). The zero-order valence-corrected chi connectivity index (χ0v) is 13.1. The summed E-state index contributed by atoms with van der Waals surface area (Å²) >= 11 is 1.99. The van der Waals surface area contributed by atoms with Crippen LogP contribution in [0, 0.1) is 9.39 Å². The third-order valence-corrected chi connectivity index (χ3v) is 5.02. The van der Waals surface area contributed by atoms with E-state index in [0.29, 0.717) is 9.52 Å². The van der Waals surface area contributed by atoms with Gasteiger partial charge in [0.1, 0.15) is 5.82 Å². The Bertz CT molecular complexity index is 629. The molecule has 5 heteroatoms. The second-order valence-electron chi connectivity index (χ2n) is 5.62. The van der Waals surface area contributed by atoms with E-state index < -0.39 is 0 Å². The van der Waals surface area contributed by atoms with Crippen LogP contribution in [0.2, 0.25) is 0 Å². The predicted octanol–water partition coefficient (Wildman–Crippen LogP) is 4.04. The lowest BCUT2D eigenvalue weighted by atomic mass is 9.83. The highest BCUT2D eigenvalue weighted by Gasteiger charge is 2.32. The summed E-state index contributed by atoms with van der Waals surface area (Å²) in [4.78, 5) is 4.40. The Kier molecular flexibility index (Phi) is 3.19. The van der Waals surface area contributed by atoms with E-state index in [4.69, 9.17) is 5.73 Å². The molecule has 0 spiro atoms. The summed E-state index contributed by atoms with van der Waals surface area (Å²) in [6.07, 6.45) is 5.83. The molecule has 1 aliphatic carbocycles. The Morgan fingerprint density at radius 1 is 1.32 bits per heavy atom. The Labute approximate surface area is 125 Å². The first-order chi connectivity index (χ1) is 9.01. The number of fused-ring (bicyclic) bond motifs is 1. The van der Waals surface area contributed by atoms with Gasteiger partial charge >= 0.3 is 0 Å². The second kappa shape index (κ2) is 4.61. The number of halogens is 2. The molecule has 0 bridgehead atoms. The summed E-state index contributed by atoms with van der Waals surface area (Å²) in [7, 11) is 0. The normalized spacial score (nSPS) is 18.9. The minimum absolute atomic E-state index is 0.0314. The van der Waals surface area contributed by atoms with Crippen molar-refractivity contribution in [1.29, 1.82) is 0 Å². The highest BCUT2D eigenvalue weighted by Crippen LogP contribution is 2.39. The van der Waals surface area contributed by atoms with Crippen molar-refractivity contribution in [2.45, 2.75) is 44.6 Å². The average Bonchev–Trinajstić information content (AvgIpc) is 2.67. The van der Waals surface area contributed by atoms with E-state index in [1.165, 1.54) is 19.3 Å². The van der Waals surface area contributed by atoms with Crippen LogP contribution in [0.5, 0.6) is 0 Å². The molecule has 1 aromatic carbocycles. The zero-order chi connectivity index (χ0) is 13.6. The van der Waals surface area contributed by atoms with E-state index in [1.54, 1.807) is 12.1 Å². The van der Waals surface area contributed by atoms with Crippen molar-refractivity contribution >= 4 is 39.6 Å². The molecule has 0 amide bonds. The molecular formula is C14H17FIN3. The van der Waals surface area contributed by atoms with Crippen LogP contribution in [0.3, 0.4) is 0 Å². The molecule has 2 N–H and O–H groups in total. The molecule has 3 nitrogen and oxygen atoms in total. The van der Waals surface area contributed by atoms with Crippen molar-refractivity contribution < 1.29 is 4.39 Å². The van der Waals surface area contributed by atoms with Crippen LogP contribution in [0.1, 0.15) is 39.0 Å². The number of nitrogens with zero attached hydrogens (tertiary/aromatic N) is 2. The number of nitrogen functional groups attached to an aromatic ring is 1. The number of aromatic nitrogens is 2. The Balaban J connectivity index is 2.22. The van der Waals surface area contributed by atoms with Crippen LogP contribution in [0.15, 0.2) is 12.1 Å². The third-order valence-electron chi connectivity index (χ3n) is 4.19. The summed E-state index contributed by atoms with van der Waals surface area (Å²) in [5, 5.41) is 0. The Morgan fingerprint density at radius 3 is 2.68 bits per heavy atom. The quantitative estimate of drug-likeness (QED) is 0.767. The molecule has 1 saturated carbocycles. The van der Waals surface area contributed by atoms with E-state index in [-0.39, 0.29) is 11.4 Å². The fraction of sp³-hybridized carbons (Fsp3) is 0.500. The van der Waals surface area contributed by atoms with E-state index in [1.807, 2.05) is 27.2 Å². The lowest BCUT2D eigenvalue weighted by molar-refractivity contribution is 0.228. The highest BCUT2D eigenvalue weighted by atomic mass is 127. The van der Waals surface area contributed by atoms with Crippen molar-refractivity contribution in [1.82, 2.24) is 9.55 Å². The van der Waals surface area contributed by atoms with Gasteiger partial charge in [0.05, 0.1) is 14.6 Å². The molecule has 1 aromatic heterocycles. The molecule has 0 saturated heterocycles. The number of nitrogens with two attached hydrogens (primary N) is 1. The van der Waals surface area contributed by atoms with E-state index in [0.717, 1.165) is 23.9 Å². The molecule has 19 heavy (non-hydrogen) atoms. The van der Waals surface area contributed by atoms with Crippen molar-refractivity contribution in [3.05, 3.63) is 21.5 Å². The number of hydrogen-bond acceptors (Lipinski definition) is 2. The van der Waals surface area contributed by atoms with Gasteiger partial charge in [0.2, 0.25) is 5.95 Å². The van der Waals surface area contributed by atoms with Crippen LogP contribution >= 0.6 is 22.6 Å². The van der Waals surface area contributed by atoms with Gasteiger partial charge in [0.25, 0.3) is 0 Å². The minimum atomic E-state index is -0.200. The van der Waals surface area contributed by atoms with Gasteiger partial charge in [-0.05, 0) is 48.4 Å². The van der Waals surface area contributed by atoms with Crippen LogP contribution in [-0.4, -0.2) is 9.55 Å². The maximum atomic E-state index is 13.8. The van der Waals surface area contributed by atoms with Gasteiger partial charge in [-0.3, -0.25) is 0 Å². The van der Waals surface area contributed by atoms with Crippen molar-refractivity contribution in [3.8, 4) is 0 Å². The van der Waals surface area contributed by atoms with Crippen molar-refractivity contribution in [2.24, 2.45) is 0 Å². The minimum Gasteiger partial charge on any atom is -0.369 e. The molecular weight excluding hydrogens is 356 g/mol. The first-order valence-electron chi connectivity index (χ1n) is 6.65. The van der Waals surface area contributed by atoms with Gasteiger partial charge in [-0.25, -0.2) is 9.37 Å². The van der Waals surface area contributed by atoms with Crippen molar-refractivity contribution in [3.63, 3.8) is 0 Å². The SMILES string of the molecule is CC1(n2c(N)nc3cc(I)c(F)cc32)CCCCC1. The van der Waals surface area contributed by atoms with Crippen LogP contribution in [0.25, 0.3) is 11.0 Å². The zero-order valence-electron chi connectivity index (χ0n) is 10.9. The number of anilines is 1. The lowest BCUT2D eigenvalue weighted by Crippen LogP contribution is -2.33. The molecule has 2 aromatic rings. The Morgan fingerprint density at radius 2 is 2.00 bits per heavy atom. The highest BCUT2D eigenvalue weighted by molar-refractivity contribution is 14.1. The molecule has 0 atom stereocenters. The lowest BCUT2D eigenvalue weighted by Gasteiger charge is -2.36. The molecule has 3 rings (SSSR count). The smallest absolute Gasteiger partial charge is 0.201 e. The first-order valence-corrected chi connectivity index (χ1v) is 7.73. The number of imidazole rings is 1. The summed E-state index contributed by atoms with van der Waals surface area (Å²) in [5.41, 5.74) is 7.67. The van der Waals surface area contributed by atoms with Crippen LogP contribution < -0.4 is 5.73 Å². The predicted molar refractivity (Wildman–Crippen MR) is 83.6 cm³/mol. The average molecular weight is 373 g/mol. The topological polar surface area (TPSA) is 43.8 Å². The van der Waals surface area contributed by atoms with Gasteiger partial charge < -0.3 is 10.3 Å². The van der Waals surface area contributed by atoms with E-state index in [9.17, 15) is 4.39 Å². The van der Waals surface area contributed by atoms with Gasteiger partial charge in [-0.1, -0.05) is 19.3 Å². The van der Waals surface area contributed by atoms with Gasteiger partial charge in [0, 0.05) is 11.6 Å². The van der Waals surface area contributed by atoms with Crippen LogP contribution in [0.4, 0.5) is 10.3 Å². The van der Waals surface area contributed by atoms with Crippen molar-refractivity contribution in [2.75, 3.05) is 5.73 Å². The van der Waals surface area contributed by atoms with Gasteiger partial charge in [-0.2, -0.15) is 0 Å². The fourth-order valence-electron chi connectivity index (χ4n) is 3.20. The molecule has 1 fully saturated rings. The maximum absolute atomic E-state index is 13.8. The summed E-state index contributed by atoms with van der Waals surface area (Å²) < 4.78 is 16.5. The van der Waals surface area contributed by atoms with Gasteiger partial charge in [-0.15, -0.1) is 0 Å². The summed E-state index contributed by atoms with van der Waals surface area (Å²) in [5.74, 6) is 0.300. The molecule has 1 heterocycles. The fourth-order valence-corrected chi connectivity index (χ4v) is 3.65. The molecule has 1 aliphatic rings. The monoisotopic (exact) mass is 373 g/mol. The molecule has 0 aliphatic heterocycles. The largest absolute Gasteiger partial charge is 0.369 e. The number of hydrogen-bond donors (Lipinski definition) is 1. The maximum Gasteiger partial charge on any atom is 0.201 e. The van der Waals surface area contributed by atoms with Crippen LogP contribution in [-0.2, 0) is 5.54 Å². The molecule has 0 radical (unpaired) electrons. The Hall–Kier alpha value is -0.850. The molecule has 102 valence electrons. The number of rotatable bonds is 1. The third kappa shape index (κ3) is 2.11. The second-order valence-corrected chi connectivity index (χ2v) is 6.78. The summed E-state index contributed by atoms with van der Waals surface area (Å²) in [6.45, 7) is 2.21. The van der Waals surface area contributed by atoms with Gasteiger partial charge in [0.15, 0.2) is 0 Å². The molecule has 0 unspecified atom stereocenters. The number of benzene rings is 1. The summed E-state index contributed by atoms with van der Waals surface area (Å²) in [6, 6.07) is 3.34. The van der Waals surface area contributed by atoms with E-state index >= 15 is 0 Å².